The lowest BCUT2D eigenvalue weighted by molar-refractivity contribution is -0.0499. The molecule has 0 saturated carbocycles. The number of fused-ring (bicyclic) bond motifs is 5. The molecule has 5 rings (SSSR count). The van der Waals surface area contributed by atoms with Crippen molar-refractivity contribution < 1.29 is 25.8 Å². The van der Waals surface area contributed by atoms with E-state index in [0.29, 0.717) is 44.9 Å². The Morgan fingerprint density at radius 2 is 1.62 bits per heavy atom. The minimum absolute atomic E-state index is 0.127. The van der Waals surface area contributed by atoms with Crippen molar-refractivity contribution in [3.05, 3.63) is 70.5 Å². The van der Waals surface area contributed by atoms with E-state index in [1.807, 2.05) is 0 Å². The Morgan fingerprint density at radius 3 is 2.34 bits per heavy atom. The van der Waals surface area contributed by atoms with Gasteiger partial charge in [0, 0.05) is 16.2 Å². The minimum Gasteiger partial charge on any atom is -0.375 e. The quantitative estimate of drug-likeness (QED) is 0.173. The summed E-state index contributed by atoms with van der Waals surface area (Å²) in [5.41, 5.74) is -4.40. The fourth-order valence-corrected chi connectivity index (χ4v) is 4.96. The Morgan fingerprint density at radius 1 is 0.906 bits per heavy atom. The first-order chi connectivity index (χ1) is 15.2. The maximum absolute atomic E-state index is 13.6. The number of halogens is 3. The van der Waals surface area contributed by atoms with Crippen molar-refractivity contribution in [2.75, 3.05) is 5.75 Å². The van der Waals surface area contributed by atoms with Crippen LogP contribution in [0.25, 0.3) is 38.0 Å². The van der Waals surface area contributed by atoms with E-state index in [1.165, 1.54) is 16.5 Å². The molecule has 164 valence electrons. The van der Waals surface area contributed by atoms with E-state index >= 15 is 0 Å². The molecule has 0 bridgehead atoms. The van der Waals surface area contributed by atoms with Crippen LogP contribution in [0.3, 0.4) is 0 Å². The van der Waals surface area contributed by atoms with Crippen molar-refractivity contribution in [2.24, 2.45) is 0 Å². The van der Waals surface area contributed by atoms with E-state index in [1.54, 1.807) is 42.5 Å². The molecule has 0 amide bonds. The molecular formula is C22H14F3NO4S2. The highest BCUT2D eigenvalue weighted by Gasteiger charge is 2.49. The molecule has 10 heteroatoms. The lowest BCUT2D eigenvalue weighted by Gasteiger charge is -2.15. The highest BCUT2D eigenvalue weighted by molar-refractivity contribution is 7.88. The van der Waals surface area contributed by atoms with E-state index < -0.39 is 21.4 Å². The van der Waals surface area contributed by atoms with Crippen molar-refractivity contribution in [3.63, 3.8) is 0 Å². The van der Waals surface area contributed by atoms with Gasteiger partial charge in [0.15, 0.2) is 5.75 Å². The first-order valence-corrected chi connectivity index (χ1v) is 11.5. The van der Waals surface area contributed by atoms with Crippen molar-refractivity contribution in [1.29, 1.82) is 0 Å². The van der Waals surface area contributed by atoms with Gasteiger partial charge in [-0.3, -0.25) is 9.20 Å². The van der Waals surface area contributed by atoms with E-state index in [2.05, 4.69) is 16.8 Å². The Kier molecular flexibility index (Phi) is 4.58. The summed E-state index contributed by atoms with van der Waals surface area (Å²) in [7, 11) is -5.91. The van der Waals surface area contributed by atoms with Gasteiger partial charge in [-0.05, 0) is 35.9 Å². The van der Waals surface area contributed by atoms with Gasteiger partial charge in [-0.15, -0.1) is 0 Å². The maximum atomic E-state index is 13.6. The van der Waals surface area contributed by atoms with Crippen LogP contribution in [0, 0.1) is 0 Å². The summed E-state index contributed by atoms with van der Waals surface area (Å²) in [6, 6.07) is 14.7. The Hall–Kier alpha value is -2.98. The first-order valence-electron chi connectivity index (χ1n) is 9.50. The van der Waals surface area contributed by atoms with Crippen LogP contribution in [0.15, 0.2) is 59.4 Å². The average molecular weight is 477 g/mol. The van der Waals surface area contributed by atoms with Gasteiger partial charge in [-0.1, -0.05) is 36.4 Å². The standard InChI is InChI=1S/C22H14F3NO4S2/c23-22(24,25)32(28,29)30-17-9-8-14-13-5-1-2-7-16(13)26-20(14)19(17)15-6-3-4-12(10-11-31)18(15)21(26)27/h1-9,31H,10-11H2. The molecule has 0 radical (unpaired) electrons. The van der Waals surface area contributed by atoms with Gasteiger partial charge in [-0.2, -0.15) is 34.2 Å². The molecule has 5 nitrogen and oxygen atoms in total. The fraction of sp³-hybridized carbons (Fsp3) is 0.136. The summed E-state index contributed by atoms with van der Waals surface area (Å²) in [4.78, 5) is 13.6. The zero-order valence-electron chi connectivity index (χ0n) is 16.2. The molecule has 0 fully saturated rings. The molecule has 0 saturated heterocycles. The molecule has 0 aliphatic carbocycles. The number of hydrogen-bond acceptors (Lipinski definition) is 5. The fourth-order valence-electron chi connectivity index (χ4n) is 4.25. The largest absolute Gasteiger partial charge is 0.534 e. The van der Waals surface area contributed by atoms with E-state index in [4.69, 9.17) is 0 Å². The number of pyridine rings is 1. The Balaban J connectivity index is 2.04. The number of thiol groups is 1. The van der Waals surface area contributed by atoms with Gasteiger partial charge in [0.1, 0.15) is 0 Å². The molecule has 0 aliphatic heterocycles. The summed E-state index contributed by atoms with van der Waals surface area (Å²) >= 11 is 4.24. The van der Waals surface area contributed by atoms with Crippen LogP contribution in [0.1, 0.15) is 5.56 Å². The second kappa shape index (κ2) is 7.01. The molecule has 2 heterocycles. The zero-order valence-corrected chi connectivity index (χ0v) is 17.9. The third kappa shape index (κ3) is 2.86. The number of benzene rings is 3. The third-order valence-electron chi connectivity index (χ3n) is 5.50. The molecule has 2 aromatic heterocycles. The summed E-state index contributed by atoms with van der Waals surface area (Å²) in [6.07, 6.45) is 0.444. The van der Waals surface area contributed by atoms with Gasteiger partial charge in [0.25, 0.3) is 5.56 Å². The summed E-state index contributed by atoms with van der Waals surface area (Å²) in [6.45, 7) is 0. The topological polar surface area (TPSA) is 64.9 Å². The molecule has 0 N–H and O–H groups in total. The van der Waals surface area contributed by atoms with Crippen LogP contribution < -0.4 is 9.74 Å². The van der Waals surface area contributed by atoms with Gasteiger partial charge < -0.3 is 4.18 Å². The molecular weight excluding hydrogens is 463 g/mol. The molecule has 5 aromatic rings. The highest BCUT2D eigenvalue weighted by Crippen LogP contribution is 2.41. The number of aromatic nitrogens is 1. The molecule has 0 spiro atoms. The maximum Gasteiger partial charge on any atom is 0.534 e. The lowest BCUT2D eigenvalue weighted by atomic mass is 9.99. The van der Waals surface area contributed by atoms with Crippen LogP contribution in [-0.2, 0) is 16.5 Å². The van der Waals surface area contributed by atoms with Crippen molar-refractivity contribution in [2.45, 2.75) is 11.9 Å². The number of para-hydroxylation sites is 1. The van der Waals surface area contributed by atoms with Crippen LogP contribution in [-0.4, -0.2) is 24.1 Å². The third-order valence-corrected chi connectivity index (χ3v) is 6.69. The number of nitrogens with zero attached hydrogens (tertiary/aromatic N) is 1. The Bertz CT molecular complexity index is 1690. The number of hydrogen-bond donors (Lipinski definition) is 1. The highest BCUT2D eigenvalue weighted by atomic mass is 32.2. The monoisotopic (exact) mass is 477 g/mol. The van der Waals surface area contributed by atoms with Crippen molar-refractivity contribution in [1.82, 2.24) is 4.40 Å². The number of alkyl halides is 3. The Labute approximate surface area is 184 Å². The van der Waals surface area contributed by atoms with Gasteiger partial charge in [0.2, 0.25) is 0 Å². The van der Waals surface area contributed by atoms with Crippen LogP contribution in [0.5, 0.6) is 5.75 Å². The zero-order chi connectivity index (χ0) is 22.8. The van der Waals surface area contributed by atoms with Crippen LogP contribution in [0.4, 0.5) is 13.2 Å². The van der Waals surface area contributed by atoms with Crippen molar-refractivity contribution in [3.8, 4) is 5.75 Å². The minimum atomic E-state index is -5.91. The molecule has 0 unspecified atom stereocenters. The summed E-state index contributed by atoms with van der Waals surface area (Å²) in [5, 5.41) is 2.05. The smallest absolute Gasteiger partial charge is 0.375 e. The van der Waals surface area contributed by atoms with Crippen molar-refractivity contribution >= 4 is 60.7 Å². The van der Waals surface area contributed by atoms with Gasteiger partial charge in [0.05, 0.1) is 21.8 Å². The normalized spacial score (nSPS) is 13.0. The second-order valence-electron chi connectivity index (χ2n) is 7.29. The predicted octanol–water partition coefficient (Wildman–Crippen LogP) is 4.90. The van der Waals surface area contributed by atoms with E-state index in [-0.39, 0.29) is 16.3 Å². The van der Waals surface area contributed by atoms with E-state index in [9.17, 15) is 26.4 Å². The van der Waals surface area contributed by atoms with Gasteiger partial charge in [-0.25, -0.2) is 0 Å². The predicted molar refractivity (Wildman–Crippen MR) is 121 cm³/mol. The average Bonchev–Trinajstić information content (AvgIpc) is 3.07. The molecule has 0 aliphatic rings. The number of aryl methyl sites for hydroxylation is 1. The summed E-state index contributed by atoms with van der Waals surface area (Å²) < 4.78 is 68.8. The SMILES string of the molecule is O=c1c2c(CCS)cccc2c2c(OS(=O)(=O)C(F)(F)F)ccc3c4ccccc4n1c32. The second-order valence-corrected chi connectivity index (χ2v) is 9.27. The van der Waals surface area contributed by atoms with Crippen LogP contribution >= 0.6 is 12.6 Å². The van der Waals surface area contributed by atoms with E-state index in [0.717, 1.165) is 0 Å². The molecule has 32 heavy (non-hydrogen) atoms. The summed E-state index contributed by atoms with van der Waals surface area (Å²) in [5.74, 6) is -0.0467. The lowest BCUT2D eigenvalue weighted by Crippen LogP contribution is -2.28. The van der Waals surface area contributed by atoms with Gasteiger partial charge >= 0.3 is 15.6 Å². The number of rotatable bonds is 4. The molecule has 3 aromatic carbocycles. The van der Waals surface area contributed by atoms with Crippen LogP contribution in [0.2, 0.25) is 0 Å². The first kappa shape index (κ1) is 20.9. The molecule has 0 atom stereocenters.